The van der Waals surface area contributed by atoms with Crippen LogP contribution in [0, 0.1) is 0 Å². The molecule has 0 spiro atoms. The third-order valence-electron chi connectivity index (χ3n) is 3.20. The van der Waals surface area contributed by atoms with E-state index in [0.29, 0.717) is 6.54 Å². The summed E-state index contributed by atoms with van der Waals surface area (Å²) in [4.78, 5) is 12.0. The molecule has 3 nitrogen and oxygen atoms in total. The Hall–Kier alpha value is -1.36. The fourth-order valence-electron chi connectivity index (χ4n) is 2.02. The summed E-state index contributed by atoms with van der Waals surface area (Å²) in [5.74, 6) is -0.0409. The van der Waals surface area contributed by atoms with Crippen molar-refractivity contribution in [2.45, 2.75) is 13.0 Å². The Morgan fingerprint density at radius 1 is 1.24 bits per heavy atom. The summed E-state index contributed by atoms with van der Waals surface area (Å²) in [5, 5.41) is 5.58. The van der Waals surface area contributed by atoms with E-state index in [1.807, 2.05) is 60.8 Å². The lowest BCUT2D eigenvalue weighted by atomic mass is 10.1. The first-order valence-electron chi connectivity index (χ1n) is 6.70. The summed E-state index contributed by atoms with van der Waals surface area (Å²) >= 11 is 9.57. The molecule has 2 rings (SSSR count). The number of nitrogens with one attached hydrogen (secondary N) is 1. The first kappa shape index (κ1) is 16.0. The van der Waals surface area contributed by atoms with Crippen LogP contribution in [0.2, 0.25) is 5.02 Å². The Kier molecular flexibility index (Phi) is 5.79. The van der Waals surface area contributed by atoms with Gasteiger partial charge in [-0.1, -0.05) is 41.9 Å². The van der Waals surface area contributed by atoms with Crippen LogP contribution in [0.3, 0.4) is 0 Å². The van der Waals surface area contributed by atoms with E-state index in [2.05, 4.69) is 21.2 Å². The zero-order chi connectivity index (χ0) is 15.2. The van der Waals surface area contributed by atoms with Gasteiger partial charge in [0, 0.05) is 15.1 Å². The molecule has 0 saturated heterocycles. The summed E-state index contributed by atoms with van der Waals surface area (Å²) in [5.41, 5.74) is 1.81. The second kappa shape index (κ2) is 7.59. The maximum atomic E-state index is 12.0. The van der Waals surface area contributed by atoms with Crippen LogP contribution in [0.15, 0.2) is 53.0 Å². The zero-order valence-corrected chi connectivity index (χ0v) is 14.0. The van der Waals surface area contributed by atoms with Gasteiger partial charge in [-0.3, -0.25) is 4.79 Å². The van der Waals surface area contributed by atoms with Crippen LogP contribution in [0.4, 0.5) is 5.69 Å². The van der Waals surface area contributed by atoms with Crippen molar-refractivity contribution < 1.29 is 10.1 Å². The molecule has 1 atom stereocenters. The molecule has 0 aliphatic rings. The first-order valence-corrected chi connectivity index (χ1v) is 7.87. The van der Waals surface area contributed by atoms with Gasteiger partial charge in [-0.15, -0.1) is 0 Å². The predicted octanol–water partition coefficient (Wildman–Crippen LogP) is 3.37. The minimum atomic E-state index is -0.0409. The maximum Gasteiger partial charge on any atom is 0.279 e. The molecule has 2 aromatic carbocycles. The number of rotatable bonds is 5. The molecule has 0 aromatic heterocycles. The molecule has 0 fully saturated rings. The van der Waals surface area contributed by atoms with Crippen molar-refractivity contribution in [2.75, 3.05) is 11.9 Å². The van der Waals surface area contributed by atoms with Crippen LogP contribution in [-0.4, -0.2) is 12.5 Å². The Morgan fingerprint density at radius 3 is 2.62 bits per heavy atom. The number of para-hydroxylation sites is 1. The average Bonchev–Trinajstić information content (AvgIpc) is 2.48. The molecule has 110 valence electrons. The molecule has 0 radical (unpaired) electrons. The summed E-state index contributed by atoms with van der Waals surface area (Å²) in [7, 11) is 0. The number of carbonyl (C=O) groups excluding carboxylic acids is 1. The van der Waals surface area contributed by atoms with Gasteiger partial charge in [0.05, 0.1) is 5.69 Å². The summed E-state index contributed by atoms with van der Waals surface area (Å²) in [6, 6.07) is 15.4. The number of hydrogen-bond donors (Lipinski definition) is 2. The molecule has 0 heterocycles. The number of amides is 1. The lowest BCUT2D eigenvalue weighted by Crippen LogP contribution is -2.86. The van der Waals surface area contributed by atoms with Crippen molar-refractivity contribution in [3.63, 3.8) is 0 Å². The number of carbonyl (C=O) groups is 1. The van der Waals surface area contributed by atoms with Gasteiger partial charge < -0.3 is 10.6 Å². The van der Waals surface area contributed by atoms with Crippen LogP contribution in [0.5, 0.6) is 0 Å². The average molecular weight is 369 g/mol. The van der Waals surface area contributed by atoms with Gasteiger partial charge in [0.15, 0.2) is 6.54 Å². The number of benzene rings is 2. The van der Waals surface area contributed by atoms with E-state index in [1.165, 1.54) is 0 Å². The standard InChI is InChI=1S/C16H16BrClN2O/c1-11(12-6-2-4-8-14(12)18)19-10-16(21)20-15-9-5-3-7-13(15)17/h2-9,11,19H,10H2,1H3,(H,20,21)/p+1/t11-/m1/s1. The number of anilines is 1. The number of hydrogen-bond acceptors (Lipinski definition) is 1. The van der Waals surface area contributed by atoms with Crippen molar-refractivity contribution in [3.8, 4) is 0 Å². The highest BCUT2D eigenvalue weighted by atomic mass is 79.9. The molecule has 5 heteroatoms. The Bertz CT molecular complexity index is 633. The molecule has 21 heavy (non-hydrogen) atoms. The highest BCUT2D eigenvalue weighted by Crippen LogP contribution is 2.21. The van der Waals surface area contributed by atoms with E-state index in [0.717, 1.165) is 20.7 Å². The van der Waals surface area contributed by atoms with Gasteiger partial charge in [-0.25, -0.2) is 0 Å². The quantitative estimate of drug-likeness (QED) is 0.835. The minimum absolute atomic E-state index is 0.0409. The number of quaternary nitrogens is 1. The van der Waals surface area contributed by atoms with Gasteiger partial charge in [-0.05, 0) is 41.1 Å². The molecule has 1 amide bonds. The van der Waals surface area contributed by atoms with Crippen LogP contribution in [-0.2, 0) is 4.79 Å². The second-order valence-corrected chi connectivity index (χ2v) is 6.04. The molecule has 0 unspecified atom stereocenters. The Labute approximate surface area is 137 Å². The topological polar surface area (TPSA) is 45.7 Å². The van der Waals surface area contributed by atoms with Crippen molar-refractivity contribution in [1.29, 1.82) is 0 Å². The van der Waals surface area contributed by atoms with Crippen LogP contribution < -0.4 is 10.6 Å². The summed E-state index contributed by atoms with van der Waals surface area (Å²) < 4.78 is 0.873. The van der Waals surface area contributed by atoms with Gasteiger partial charge in [-0.2, -0.15) is 0 Å². The third-order valence-corrected chi connectivity index (χ3v) is 4.24. The van der Waals surface area contributed by atoms with E-state index in [9.17, 15) is 4.79 Å². The monoisotopic (exact) mass is 367 g/mol. The molecular weight excluding hydrogens is 352 g/mol. The molecule has 0 saturated carbocycles. The highest BCUT2D eigenvalue weighted by Gasteiger charge is 2.14. The molecule has 0 bridgehead atoms. The SMILES string of the molecule is C[C@@H]([NH2+]CC(=O)Nc1ccccc1Br)c1ccccc1Cl. The number of nitrogens with two attached hydrogens (primary N) is 1. The predicted molar refractivity (Wildman–Crippen MR) is 89.4 cm³/mol. The van der Waals surface area contributed by atoms with Crippen LogP contribution in [0.1, 0.15) is 18.5 Å². The smallest absolute Gasteiger partial charge is 0.279 e. The van der Waals surface area contributed by atoms with Gasteiger partial charge in [0.1, 0.15) is 6.04 Å². The summed E-state index contributed by atoms with van der Waals surface area (Å²) in [6.45, 7) is 2.38. The van der Waals surface area contributed by atoms with Crippen molar-refractivity contribution in [1.82, 2.24) is 0 Å². The largest absolute Gasteiger partial charge is 0.332 e. The van der Waals surface area contributed by atoms with Crippen LogP contribution in [0.25, 0.3) is 0 Å². The van der Waals surface area contributed by atoms with E-state index in [4.69, 9.17) is 11.6 Å². The van der Waals surface area contributed by atoms with E-state index < -0.39 is 0 Å². The second-order valence-electron chi connectivity index (χ2n) is 4.78. The first-order chi connectivity index (χ1) is 10.1. The van der Waals surface area contributed by atoms with Crippen molar-refractivity contribution in [2.24, 2.45) is 0 Å². The molecule has 0 aliphatic heterocycles. The molecule has 0 aliphatic carbocycles. The molecular formula is C16H17BrClN2O+. The van der Waals surface area contributed by atoms with E-state index >= 15 is 0 Å². The Balaban J connectivity index is 1.90. The van der Waals surface area contributed by atoms with E-state index in [-0.39, 0.29) is 11.9 Å². The zero-order valence-electron chi connectivity index (χ0n) is 11.6. The summed E-state index contributed by atoms with van der Waals surface area (Å²) in [6.07, 6.45) is 0. The maximum absolute atomic E-state index is 12.0. The van der Waals surface area contributed by atoms with E-state index in [1.54, 1.807) is 0 Å². The van der Waals surface area contributed by atoms with Gasteiger partial charge in [0.2, 0.25) is 0 Å². The fraction of sp³-hybridized carbons (Fsp3) is 0.188. The van der Waals surface area contributed by atoms with Crippen molar-refractivity contribution in [3.05, 3.63) is 63.6 Å². The lowest BCUT2D eigenvalue weighted by Gasteiger charge is -2.13. The van der Waals surface area contributed by atoms with Gasteiger partial charge in [0.25, 0.3) is 5.91 Å². The third kappa shape index (κ3) is 4.56. The Morgan fingerprint density at radius 2 is 1.90 bits per heavy atom. The molecule has 3 N–H and O–H groups in total. The normalized spacial score (nSPS) is 12.0. The number of halogens is 2. The lowest BCUT2D eigenvalue weighted by molar-refractivity contribution is -0.682. The highest BCUT2D eigenvalue weighted by molar-refractivity contribution is 9.10. The van der Waals surface area contributed by atoms with Gasteiger partial charge >= 0.3 is 0 Å². The van der Waals surface area contributed by atoms with Crippen molar-refractivity contribution >= 4 is 39.1 Å². The van der Waals surface area contributed by atoms with Crippen LogP contribution >= 0.6 is 27.5 Å². The fourth-order valence-corrected chi connectivity index (χ4v) is 2.71. The molecule has 2 aromatic rings. The minimum Gasteiger partial charge on any atom is -0.332 e.